The van der Waals surface area contributed by atoms with Crippen LogP contribution in [-0.4, -0.2) is 25.3 Å². The average Bonchev–Trinajstić information content (AvgIpc) is 2.97. The van der Waals surface area contributed by atoms with Gasteiger partial charge in [-0.1, -0.05) is 35.4 Å². The van der Waals surface area contributed by atoms with Crippen LogP contribution in [0.3, 0.4) is 0 Å². The lowest BCUT2D eigenvalue weighted by atomic mass is 10.2. The molecule has 8 nitrogen and oxygen atoms in total. The molecule has 0 atom stereocenters. The van der Waals surface area contributed by atoms with Gasteiger partial charge in [0, 0.05) is 5.69 Å². The topological polar surface area (TPSA) is 103 Å². The standard InChI is InChI=1S/C16H15N3O5S/c1-23-15-17-19(16(20)24-15)14-9-7-13(8-10-14)18-25(21,22)11-12-5-3-2-4-6-12/h2-10,18H,11H2,1H3. The molecule has 0 spiro atoms. The number of hydrogen-bond donors (Lipinski definition) is 1. The number of aromatic nitrogens is 2. The van der Waals surface area contributed by atoms with Gasteiger partial charge < -0.3 is 9.15 Å². The maximum atomic E-state index is 12.2. The summed E-state index contributed by atoms with van der Waals surface area (Å²) in [7, 11) is -2.21. The van der Waals surface area contributed by atoms with Crippen LogP contribution in [-0.2, 0) is 15.8 Å². The fourth-order valence-corrected chi connectivity index (χ4v) is 3.39. The molecule has 0 unspecified atom stereocenters. The van der Waals surface area contributed by atoms with Crippen LogP contribution in [0, 0.1) is 0 Å². The summed E-state index contributed by atoms with van der Waals surface area (Å²) in [5, 5.41) is 3.84. The lowest BCUT2D eigenvalue weighted by Crippen LogP contribution is -2.16. The number of nitrogens with one attached hydrogen (secondary N) is 1. The van der Waals surface area contributed by atoms with Crippen LogP contribution in [0.1, 0.15) is 5.56 Å². The van der Waals surface area contributed by atoms with Gasteiger partial charge in [0.25, 0.3) is 0 Å². The SMILES string of the molecule is COc1nn(-c2ccc(NS(=O)(=O)Cc3ccccc3)cc2)c(=O)o1. The summed E-state index contributed by atoms with van der Waals surface area (Å²) in [4.78, 5) is 11.7. The van der Waals surface area contributed by atoms with Gasteiger partial charge in [0.05, 0.1) is 18.6 Å². The van der Waals surface area contributed by atoms with Crippen molar-refractivity contribution in [2.45, 2.75) is 5.75 Å². The molecule has 0 radical (unpaired) electrons. The monoisotopic (exact) mass is 361 g/mol. The molecule has 25 heavy (non-hydrogen) atoms. The maximum Gasteiger partial charge on any atom is 0.444 e. The Balaban J connectivity index is 1.76. The fraction of sp³-hybridized carbons (Fsp3) is 0.125. The highest BCUT2D eigenvalue weighted by Crippen LogP contribution is 2.16. The molecular weight excluding hydrogens is 346 g/mol. The molecule has 0 fully saturated rings. The summed E-state index contributed by atoms with van der Waals surface area (Å²) in [6.45, 7) is 0. The summed E-state index contributed by atoms with van der Waals surface area (Å²) in [6, 6.07) is 15.0. The molecule has 0 amide bonds. The summed E-state index contributed by atoms with van der Waals surface area (Å²) in [5.74, 6) is -0.829. The number of hydrogen-bond acceptors (Lipinski definition) is 6. The predicted octanol–water partition coefficient (Wildman–Crippen LogP) is 1.78. The van der Waals surface area contributed by atoms with Gasteiger partial charge in [0.15, 0.2) is 0 Å². The number of methoxy groups -OCH3 is 1. The molecule has 0 saturated carbocycles. The molecule has 0 aliphatic rings. The van der Waals surface area contributed by atoms with Crippen molar-refractivity contribution >= 4 is 15.7 Å². The van der Waals surface area contributed by atoms with E-state index in [2.05, 4.69) is 9.82 Å². The molecule has 1 aromatic heterocycles. The van der Waals surface area contributed by atoms with Crippen LogP contribution < -0.4 is 15.2 Å². The van der Waals surface area contributed by atoms with Crippen LogP contribution in [0.4, 0.5) is 5.69 Å². The van der Waals surface area contributed by atoms with Crippen LogP contribution in [0.25, 0.3) is 5.69 Å². The Morgan fingerprint density at radius 1 is 1.12 bits per heavy atom. The molecule has 0 aliphatic heterocycles. The number of rotatable bonds is 6. The van der Waals surface area contributed by atoms with Crippen molar-refractivity contribution in [3.05, 3.63) is 70.7 Å². The van der Waals surface area contributed by atoms with Crippen molar-refractivity contribution in [1.29, 1.82) is 0 Å². The predicted molar refractivity (Wildman–Crippen MR) is 91.3 cm³/mol. The molecule has 0 bridgehead atoms. The van der Waals surface area contributed by atoms with E-state index in [4.69, 9.17) is 9.15 Å². The van der Waals surface area contributed by atoms with Gasteiger partial charge in [-0.25, -0.2) is 13.2 Å². The maximum absolute atomic E-state index is 12.2. The number of nitrogens with zero attached hydrogens (tertiary/aromatic N) is 2. The van der Waals surface area contributed by atoms with Crippen molar-refractivity contribution in [1.82, 2.24) is 9.78 Å². The van der Waals surface area contributed by atoms with E-state index < -0.39 is 15.8 Å². The summed E-state index contributed by atoms with van der Waals surface area (Å²) in [6.07, 6.45) is -0.155. The fourth-order valence-electron chi connectivity index (χ4n) is 2.19. The van der Waals surface area contributed by atoms with Crippen LogP contribution in [0.15, 0.2) is 63.8 Å². The Kier molecular flexibility index (Phi) is 4.57. The van der Waals surface area contributed by atoms with E-state index in [0.29, 0.717) is 16.9 Å². The Bertz CT molecular complexity index is 1010. The van der Waals surface area contributed by atoms with E-state index in [1.165, 1.54) is 19.2 Å². The normalized spacial score (nSPS) is 11.2. The lowest BCUT2D eigenvalue weighted by Gasteiger charge is -2.08. The highest BCUT2D eigenvalue weighted by molar-refractivity contribution is 7.91. The van der Waals surface area contributed by atoms with Crippen molar-refractivity contribution in [2.24, 2.45) is 0 Å². The highest BCUT2D eigenvalue weighted by Gasteiger charge is 2.13. The Hall–Kier alpha value is -3.07. The zero-order valence-corrected chi connectivity index (χ0v) is 14.1. The molecule has 3 rings (SSSR count). The molecule has 0 aliphatic carbocycles. The number of anilines is 1. The third-order valence-electron chi connectivity index (χ3n) is 3.29. The summed E-state index contributed by atoms with van der Waals surface area (Å²) >= 11 is 0. The first-order valence-corrected chi connectivity index (χ1v) is 8.91. The van der Waals surface area contributed by atoms with Gasteiger partial charge in [0.2, 0.25) is 10.0 Å². The second kappa shape index (κ2) is 6.81. The molecule has 9 heteroatoms. The molecule has 0 saturated heterocycles. The zero-order valence-electron chi connectivity index (χ0n) is 13.2. The molecule has 1 N–H and O–H groups in total. The van der Waals surface area contributed by atoms with Gasteiger partial charge in [0.1, 0.15) is 0 Å². The second-order valence-electron chi connectivity index (χ2n) is 5.14. The number of sulfonamides is 1. The van der Waals surface area contributed by atoms with Crippen LogP contribution in [0.5, 0.6) is 6.08 Å². The molecular formula is C16H15N3O5S. The van der Waals surface area contributed by atoms with Crippen LogP contribution in [0.2, 0.25) is 0 Å². The molecule has 2 aromatic carbocycles. The highest BCUT2D eigenvalue weighted by atomic mass is 32.2. The minimum atomic E-state index is -3.55. The molecule has 130 valence electrons. The number of benzene rings is 2. The first kappa shape index (κ1) is 16.8. The summed E-state index contributed by atoms with van der Waals surface area (Å²) < 4.78 is 37.4. The molecule has 1 heterocycles. The van der Waals surface area contributed by atoms with E-state index in [-0.39, 0.29) is 11.8 Å². The third-order valence-corrected chi connectivity index (χ3v) is 4.55. The second-order valence-corrected chi connectivity index (χ2v) is 6.87. The van der Waals surface area contributed by atoms with E-state index in [1.54, 1.807) is 36.4 Å². The number of ether oxygens (including phenoxy) is 1. The third kappa shape index (κ3) is 4.07. The van der Waals surface area contributed by atoms with Crippen molar-refractivity contribution in [2.75, 3.05) is 11.8 Å². The first-order valence-electron chi connectivity index (χ1n) is 7.26. The van der Waals surface area contributed by atoms with E-state index >= 15 is 0 Å². The average molecular weight is 361 g/mol. The van der Waals surface area contributed by atoms with Crippen molar-refractivity contribution in [3.8, 4) is 11.8 Å². The van der Waals surface area contributed by atoms with Gasteiger partial charge in [-0.15, -0.1) is 0 Å². The Morgan fingerprint density at radius 2 is 1.80 bits per heavy atom. The van der Waals surface area contributed by atoms with Crippen LogP contribution >= 0.6 is 0 Å². The minimum absolute atomic E-state index is 0.129. The summed E-state index contributed by atoms with van der Waals surface area (Å²) in [5.41, 5.74) is 1.49. The smallest absolute Gasteiger partial charge is 0.444 e. The first-order chi connectivity index (χ1) is 12.0. The Morgan fingerprint density at radius 3 is 2.40 bits per heavy atom. The van der Waals surface area contributed by atoms with Gasteiger partial charge in [-0.2, -0.15) is 4.68 Å². The largest absolute Gasteiger partial charge is 0.452 e. The minimum Gasteiger partial charge on any atom is -0.452 e. The van der Waals surface area contributed by atoms with E-state index in [9.17, 15) is 13.2 Å². The quantitative estimate of drug-likeness (QED) is 0.718. The molecule has 3 aromatic rings. The van der Waals surface area contributed by atoms with E-state index in [1.807, 2.05) is 6.07 Å². The zero-order chi connectivity index (χ0) is 17.9. The van der Waals surface area contributed by atoms with Gasteiger partial charge >= 0.3 is 11.8 Å². The lowest BCUT2D eigenvalue weighted by molar-refractivity contribution is 0.282. The van der Waals surface area contributed by atoms with Crippen molar-refractivity contribution in [3.63, 3.8) is 0 Å². The van der Waals surface area contributed by atoms with Gasteiger partial charge in [-0.3, -0.25) is 4.72 Å². The van der Waals surface area contributed by atoms with Crippen molar-refractivity contribution < 1.29 is 17.6 Å². The van der Waals surface area contributed by atoms with Gasteiger partial charge in [-0.05, 0) is 29.8 Å². The van der Waals surface area contributed by atoms with E-state index in [0.717, 1.165) is 4.68 Å². The Labute approximate surface area is 143 Å².